The van der Waals surface area contributed by atoms with E-state index in [4.69, 9.17) is 12.2 Å². The molecule has 1 N–H and O–H groups in total. The standard InChI is InChI=1S/C12H11F6NS/c1-6(2)10(20)19-9-4-7(11(13,14)15)3-8(5-9)12(16,17)18/h3-6H,1-2H3,(H,19,20). The maximum Gasteiger partial charge on any atom is 0.416 e. The van der Waals surface area contributed by atoms with Crippen molar-refractivity contribution in [2.45, 2.75) is 26.2 Å². The Labute approximate surface area is 117 Å². The summed E-state index contributed by atoms with van der Waals surface area (Å²) in [6.45, 7) is 3.35. The van der Waals surface area contributed by atoms with Gasteiger partial charge in [0.05, 0.1) is 16.1 Å². The van der Waals surface area contributed by atoms with E-state index >= 15 is 0 Å². The minimum Gasteiger partial charge on any atom is -0.350 e. The van der Waals surface area contributed by atoms with Gasteiger partial charge in [-0.25, -0.2) is 0 Å². The lowest BCUT2D eigenvalue weighted by molar-refractivity contribution is -0.143. The summed E-state index contributed by atoms with van der Waals surface area (Å²) in [5, 5.41) is 2.40. The van der Waals surface area contributed by atoms with E-state index in [-0.39, 0.29) is 22.7 Å². The molecule has 0 aliphatic rings. The maximum absolute atomic E-state index is 12.6. The van der Waals surface area contributed by atoms with Crippen LogP contribution in [0.25, 0.3) is 0 Å². The number of alkyl halides is 6. The SMILES string of the molecule is CC(C)C(=S)Nc1cc(C(F)(F)F)cc(C(F)(F)F)c1. The highest BCUT2D eigenvalue weighted by Crippen LogP contribution is 2.37. The van der Waals surface area contributed by atoms with Gasteiger partial charge < -0.3 is 5.32 Å². The minimum atomic E-state index is -4.86. The van der Waals surface area contributed by atoms with Crippen molar-refractivity contribution >= 4 is 22.9 Å². The summed E-state index contributed by atoms with van der Waals surface area (Å²) in [5.74, 6) is -0.200. The second kappa shape index (κ2) is 5.59. The van der Waals surface area contributed by atoms with Crippen LogP contribution in [0.5, 0.6) is 0 Å². The summed E-state index contributed by atoms with van der Waals surface area (Å²) in [6.07, 6.45) is -9.73. The topological polar surface area (TPSA) is 12.0 Å². The van der Waals surface area contributed by atoms with Gasteiger partial charge in [-0.1, -0.05) is 26.1 Å². The molecule has 0 fully saturated rings. The minimum absolute atomic E-state index is 0.0730. The van der Waals surface area contributed by atoms with Crippen molar-refractivity contribution in [2.24, 2.45) is 5.92 Å². The van der Waals surface area contributed by atoms with Gasteiger partial charge in [0.25, 0.3) is 0 Å². The Morgan fingerprint density at radius 1 is 0.950 bits per heavy atom. The van der Waals surface area contributed by atoms with Crippen molar-refractivity contribution in [2.75, 3.05) is 5.32 Å². The van der Waals surface area contributed by atoms with Crippen molar-refractivity contribution in [1.29, 1.82) is 0 Å². The highest BCUT2D eigenvalue weighted by atomic mass is 32.1. The van der Waals surface area contributed by atoms with Gasteiger partial charge in [0.1, 0.15) is 0 Å². The highest BCUT2D eigenvalue weighted by molar-refractivity contribution is 7.80. The summed E-state index contributed by atoms with van der Waals surface area (Å²) in [4.78, 5) is 0.164. The Morgan fingerprint density at radius 3 is 1.65 bits per heavy atom. The van der Waals surface area contributed by atoms with E-state index in [9.17, 15) is 26.3 Å². The van der Waals surface area contributed by atoms with Crippen molar-refractivity contribution in [3.63, 3.8) is 0 Å². The second-order valence-electron chi connectivity index (χ2n) is 4.44. The van der Waals surface area contributed by atoms with E-state index in [2.05, 4.69) is 5.32 Å². The molecule has 20 heavy (non-hydrogen) atoms. The van der Waals surface area contributed by atoms with Crippen LogP contribution in [0.4, 0.5) is 32.0 Å². The van der Waals surface area contributed by atoms with Gasteiger partial charge in [0.15, 0.2) is 0 Å². The Hall–Kier alpha value is -1.31. The molecule has 0 spiro atoms. The monoisotopic (exact) mass is 315 g/mol. The number of halogens is 6. The number of nitrogens with one attached hydrogen (secondary N) is 1. The molecule has 0 aliphatic carbocycles. The summed E-state index contributed by atoms with van der Waals surface area (Å²) in [7, 11) is 0. The molecule has 0 amide bonds. The molecule has 8 heteroatoms. The van der Waals surface area contributed by atoms with Gasteiger partial charge in [-0.15, -0.1) is 0 Å². The van der Waals surface area contributed by atoms with Crippen molar-refractivity contribution in [3.05, 3.63) is 29.3 Å². The zero-order valence-corrected chi connectivity index (χ0v) is 11.3. The summed E-state index contributed by atoms with van der Waals surface area (Å²) in [6, 6.07) is 1.28. The first-order chi connectivity index (χ1) is 8.91. The molecule has 1 nitrogen and oxygen atoms in total. The fourth-order valence-corrected chi connectivity index (χ4v) is 1.43. The molecule has 0 bridgehead atoms. The van der Waals surface area contributed by atoms with E-state index in [1.165, 1.54) is 0 Å². The summed E-state index contributed by atoms with van der Waals surface area (Å²) >= 11 is 4.86. The third-order valence-corrected chi connectivity index (χ3v) is 2.95. The average Bonchev–Trinajstić information content (AvgIpc) is 2.26. The van der Waals surface area contributed by atoms with Crippen LogP contribution in [-0.2, 0) is 12.4 Å². The van der Waals surface area contributed by atoms with Crippen LogP contribution in [-0.4, -0.2) is 4.99 Å². The van der Waals surface area contributed by atoms with Crippen LogP contribution in [0.15, 0.2) is 18.2 Å². The third-order valence-electron chi connectivity index (χ3n) is 2.38. The number of thiocarbonyl (C=S) groups is 1. The zero-order chi connectivity index (χ0) is 15.7. The molecule has 0 unspecified atom stereocenters. The molecule has 0 atom stereocenters. The zero-order valence-electron chi connectivity index (χ0n) is 10.5. The largest absolute Gasteiger partial charge is 0.416 e. The smallest absolute Gasteiger partial charge is 0.350 e. The molecule has 0 heterocycles. The number of benzene rings is 1. The van der Waals surface area contributed by atoms with E-state index in [0.29, 0.717) is 12.1 Å². The normalized spacial score (nSPS) is 12.7. The van der Waals surface area contributed by atoms with Crippen LogP contribution >= 0.6 is 12.2 Å². The molecule has 0 saturated carbocycles. The van der Waals surface area contributed by atoms with Gasteiger partial charge in [-0.2, -0.15) is 26.3 Å². The molecular weight excluding hydrogens is 304 g/mol. The molecule has 0 aliphatic heterocycles. The molecule has 0 radical (unpaired) electrons. The van der Waals surface area contributed by atoms with Gasteiger partial charge in [0.2, 0.25) is 0 Å². The predicted molar refractivity (Wildman–Crippen MR) is 67.5 cm³/mol. The number of hydrogen-bond acceptors (Lipinski definition) is 1. The lowest BCUT2D eigenvalue weighted by Gasteiger charge is -2.16. The van der Waals surface area contributed by atoms with E-state index in [1.54, 1.807) is 13.8 Å². The van der Waals surface area contributed by atoms with E-state index in [1.807, 2.05) is 0 Å². The molecule has 1 aromatic carbocycles. The lowest BCUT2D eigenvalue weighted by Crippen LogP contribution is -2.17. The van der Waals surface area contributed by atoms with Gasteiger partial charge in [-0.05, 0) is 18.2 Å². The quantitative estimate of drug-likeness (QED) is 0.600. The van der Waals surface area contributed by atoms with E-state index < -0.39 is 23.5 Å². The Bertz CT molecular complexity index is 471. The molecule has 0 aromatic heterocycles. The lowest BCUT2D eigenvalue weighted by atomic mass is 10.1. The first-order valence-electron chi connectivity index (χ1n) is 5.51. The fraction of sp³-hybridized carbons (Fsp3) is 0.417. The Kier molecular flexibility index (Phi) is 4.68. The van der Waals surface area contributed by atoms with Crippen molar-refractivity contribution in [3.8, 4) is 0 Å². The van der Waals surface area contributed by atoms with Crippen molar-refractivity contribution in [1.82, 2.24) is 0 Å². The molecule has 1 aromatic rings. The van der Waals surface area contributed by atoms with Crippen LogP contribution in [0, 0.1) is 5.92 Å². The first-order valence-corrected chi connectivity index (χ1v) is 5.92. The van der Waals surface area contributed by atoms with Crippen LogP contribution in [0.1, 0.15) is 25.0 Å². The van der Waals surface area contributed by atoms with Crippen LogP contribution < -0.4 is 5.32 Å². The number of rotatable bonds is 2. The Balaban J connectivity index is 3.28. The highest BCUT2D eigenvalue weighted by Gasteiger charge is 2.37. The van der Waals surface area contributed by atoms with Gasteiger partial charge in [0, 0.05) is 11.6 Å². The van der Waals surface area contributed by atoms with Crippen LogP contribution in [0.3, 0.4) is 0 Å². The molecule has 1 rings (SSSR count). The Morgan fingerprint density at radius 2 is 1.35 bits per heavy atom. The van der Waals surface area contributed by atoms with Gasteiger partial charge >= 0.3 is 12.4 Å². The van der Waals surface area contributed by atoms with E-state index in [0.717, 1.165) is 0 Å². The number of hydrogen-bond donors (Lipinski definition) is 1. The average molecular weight is 315 g/mol. The summed E-state index contributed by atoms with van der Waals surface area (Å²) < 4.78 is 75.6. The van der Waals surface area contributed by atoms with Crippen molar-refractivity contribution < 1.29 is 26.3 Å². The third kappa shape index (κ3) is 4.36. The molecule has 112 valence electrons. The summed E-state index contributed by atoms with van der Waals surface area (Å²) in [5.41, 5.74) is -3.08. The van der Waals surface area contributed by atoms with Gasteiger partial charge in [-0.3, -0.25) is 0 Å². The molecular formula is C12H11F6NS. The first kappa shape index (κ1) is 16.7. The number of anilines is 1. The predicted octanol–water partition coefficient (Wildman–Crippen LogP) is 5.12. The van der Waals surface area contributed by atoms with Crippen LogP contribution in [0.2, 0.25) is 0 Å². The fourth-order valence-electron chi connectivity index (χ4n) is 1.31. The maximum atomic E-state index is 12.6. The second-order valence-corrected chi connectivity index (χ2v) is 4.88. The molecule has 0 saturated heterocycles.